The zero-order valence-corrected chi connectivity index (χ0v) is 17.3. The monoisotopic (exact) mass is 388 g/mol. The molecule has 2 aromatic carbocycles. The predicted molar refractivity (Wildman–Crippen MR) is 120 cm³/mol. The Morgan fingerprint density at radius 3 is 2.38 bits per heavy atom. The van der Waals surface area contributed by atoms with Gasteiger partial charge in [0.05, 0.1) is 11.9 Å². The molecule has 5 nitrogen and oxygen atoms in total. The van der Waals surface area contributed by atoms with Gasteiger partial charge in [0.15, 0.2) is 0 Å². The van der Waals surface area contributed by atoms with Crippen molar-refractivity contribution in [1.82, 2.24) is 10.3 Å². The molecule has 29 heavy (non-hydrogen) atoms. The molecule has 0 aliphatic carbocycles. The van der Waals surface area contributed by atoms with Gasteiger partial charge in [0.25, 0.3) is 5.91 Å². The Bertz CT molecular complexity index is 935. The van der Waals surface area contributed by atoms with Crippen LogP contribution in [0.4, 0.5) is 17.1 Å². The van der Waals surface area contributed by atoms with E-state index in [1.165, 1.54) is 11.3 Å². The number of nitrogens with one attached hydrogen (secondary N) is 2. The SMILES string of the molecule is CCN(CC)c1ccc(Nc2ccc(C(=O)NCc3ccccc3)nc2)c(C)c1. The van der Waals surface area contributed by atoms with Crippen molar-refractivity contribution >= 4 is 23.0 Å². The lowest BCUT2D eigenvalue weighted by atomic mass is 10.1. The maximum atomic E-state index is 12.3. The van der Waals surface area contributed by atoms with E-state index in [0.29, 0.717) is 12.2 Å². The molecule has 0 atom stereocenters. The van der Waals surface area contributed by atoms with Crippen molar-refractivity contribution < 1.29 is 4.79 Å². The highest BCUT2D eigenvalue weighted by molar-refractivity contribution is 5.92. The molecular weight excluding hydrogens is 360 g/mol. The molecule has 0 fully saturated rings. The first-order valence-corrected chi connectivity index (χ1v) is 10.0. The number of carbonyl (C=O) groups is 1. The molecule has 1 heterocycles. The minimum Gasteiger partial charge on any atom is -0.372 e. The third kappa shape index (κ3) is 5.35. The van der Waals surface area contributed by atoms with E-state index in [9.17, 15) is 4.79 Å². The Hall–Kier alpha value is -3.34. The Morgan fingerprint density at radius 2 is 1.76 bits per heavy atom. The lowest BCUT2D eigenvalue weighted by molar-refractivity contribution is 0.0946. The minimum atomic E-state index is -0.180. The van der Waals surface area contributed by atoms with Gasteiger partial charge in [-0.05, 0) is 62.2 Å². The summed E-state index contributed by atoms with van der Waals surface area (Å²) in [7, 11) is 0. The van der Waals surface area contributed by atoms with E-state index >= 15 is 0 Å². The molecular formula is C24H28N4O. The number of rotatable bonds is 8. The lowest BCUT2D eigenvalue weighted by Crippen LogP contribution is -2.23. The van der Waals surface area contributed by atoms with E-state index in [1.54, 1.807) is 12.3 Å². The summed E-state index contributed by atoms with van der Waals surface area (Å²) in [5, 5.41) is 6.28. The molecule has 0 radical (unpaired) electrons. The van der Waals surface area contributed by atoms with Crippen LogP contribution in [0, 0.1) is 6.92 Å². The number of carbonyl (C=O) groups excluding carboxylic acids is 1. The summed E-state index contributed by atoms with van der Waals surface area (Å²) >= 11 is 0. The quantitative estimate of drug-likeness (QED) is 0.576. The van der Waals surface area contributed by atoms with Crippen LogP contribution in [0.5, 0.6) is 0 Å². The second-order valence-corrected chi connectivity index (χ2v) is 6.90. The lowest BCUT2D eigenvalue weighted by Gasteiger charge is -2.22. The van der Waals surface area contributed by atoms with Crippen molar-refractivity contribution in [3.05, 3.63) is 83.7 Å². The highest BCUT2D eigenvalue weighted by atomic mass is 16.1. The Kier molecular flexibility index (Phi) is 6.85. The molecule has 2 N–H and O–H groups in total. The van der Waals surface area contributed by atoms with E-state index < -0.39 is 0 Å². The predicted octanol–water partition coefficient (Wildman–Crippen LogP) is 4.91. The van der Waals surface area contributed by atoms with E-state index in [4.69, 9.17) is 0 Å². The molecule has 0 saturated carbocycles. The van der Waals surface area contributed by atoms with Crippen molar-refractivity contribution in [1.29, 1.82) is 0 Å². The van der Waals surface area contributed by atoms with Crippen LogP contribution in [0.1, 0.15) is 35.5 Å². The minimum absolute atomic E-state index is 0.180. The fourth-order valence-corrected chi connectivity index (χ4v) is 3.20. The number of hydrogen-bond acceptors (Lipinski definition) is 4. The second kappa shape index (κ2) is 9.73. The summed E-state index contributed by atoms with van der Waals surface area (Å²) in [5.74, 6) is -0.180. The van der Waals surface area contributed by atoms with Crippen molar-refractivity contribution in [2.45, 2.75) is 27.3 Å². The fraction of sp³-hybridized carbons (Fsp3) is 0.250. The highest BCUT2D eigenvalue weighted by Gasteiger charge is 2.08. The van der Waals surface area contributed by atoms with Gasteiger partial charge < -0.3 is 15.5 Å². The van der Waals surface area contributed by atoms with E-state index in [2.05, 4.69) is 59.5 Å². The smallest absolute Gasteiger partial charge is 0.270 e. The first-order valence-electron chi connectivity index (χ1n) is 10.0. The average molecular weight is 389 g/mol. The molecule has 0 bridgehead atoms. The average Bonchev–Trinajstić information content (AvgIpc) is 2.76. The van der Waals surface area contributed by atoms with Gasteiger partial charge in [-0.15, -0.1) is 0 Å². The zero-order valence-electron chi connectivity index (χ0n) is 17.3. The third-order valence-corrected chi connectivity index (χ3v) is 4.91. The molecule has 5 heteroatoms. The molecule has 1 aromatic heterocycles. The normalized spacial score (nSPS) is 10.4. The molecule has 0 aliphatic heterocycles. The third-order valence-electron chi connectivity index (χ3n) is 4.91. The summed E-state index contributed by atoms with van der Waals surface area (Å²) < 4.78 is 0. The van der Waals surface area contributed by atoms with Crippen molar-refractivity contribution in [3.63, 3.8) is 0 Å². The first kappa shape index (κ1) is 20.4. The van der Waals surface area contributed by atoms with Crippen LogP contribution >= 0.6 is 0 Å². The number of anilines is 3. The number of hydrogen-bond donors (Lipinski definition) is 2. The van der Waals surface area contributed by atoms with E-state index in [-0.39, 0.29) is 5.91 Å². The van der Waals surface area contributed by atoms with Gasteiger partial charge in [-0.25, -0.2) is 4.98 Å². The van der Waals surface area contributed by atoms with Crippen LogP contribution in [0.3, 0.4) is 0 Å². The van der Waals surface area contributed by atoms with Gasteiger partial charge in [-0.2, -0.15) is 0 Å². The fourth-order valence-electron chi connectivity index (χ4n) is 3.20. The second-order valence-electron chi connectivity index (χ2n) is 6.90. The van der Waals surface area contributed by atoms with Crippen molar-refractivity contribution in [3.8, 4) is 0 Å². The molecule has 0 spiro atoms. The van der Waals surface area contributed by atoms with Crippen LogP contribution in [0.15, 0.2) is 66.9 Å². The maximum absolute atomic E-state index is 12.3. The van der Waals surface area contributed by atoms with Crippen LogP contribution in [-0.2, 0) is 6.54 Å². The largest absolute Gasteiger partial charge is 0.372 e. The van der Waals surface area contributed by atoms with Crippen molar-refractivity contribution in [2.75, 3.05) is 23.3 Å². The van der Waals surface area contributed by atoms with Gasteiger partial charge in [-0.1, -0.05) is 30.3 Å². The summed E-state index contributed by atoms with van der Waals surface area (Å²) in [5.41, 5.74) is 5.73. The molecule has 0 unspecified atom stereocenters. The Labute approximate surface area is 172 Å². The van der Waals surface area contributed by atoms with Crippen LogP contribution in [-0.4, -0.2) is 24.0 Å². The Balaban J connectivity index is 1.62. The van der Waals surface area contributed by atoms with Gasteiger partial charge in [0.2, 0.25) is 0 Å². The maximum Gasteiger partial charge on any atom is 0.270 e. The molecule has 1 amide bonds. The molecule has 0 aliphatic rings. The van der Waals surface area contributed by atoms with Gasteiger partial charge >= 0.3 is 0 Å². The number of amides is 1. The molecule has 3 aromatic rings. The van der Waals surface area contributed by atoms with Gasteiger partial charge in [-0.3, -0.25) is 4.79 Å². The van der Waals surface area contributed by atoms with Crippen LogP contribution in [0.25, 0.3) is 0 Å². The number of aromatic nitrogens is 1. The zero-order chi connectivity index (χ0) is 20.6. The summed E-state index contributed by atoms with van der Waals surface area (Å²) in [6.07, 6.45) is 1.69. The van der Waals surface area contributed by atoms with Crippen LogP contribution < -0.4 is 15.5 Å². The van der Waals surface area contributed by atoms with Gasteiger partial charge in [0, 0.05) is 31.0 Å². The number of nitrogens with zero attached hydrogens (tertiary/aromatic N) is 2. The standard InChI is InChI=1S/C24H28N4O/c1-4-28(5-2)21-12-14-22(18(3)15-21)27-20-11-13-23(25-17-20)24(29)26-16-19-9-7-6-8-10-19/h6-15,17,27H,4-5,16H2,1-3H3,(H,26,29). The number of aryl methyl sites for hydroxylation is 1. The van der Waals surface area contributed by atoms with Crippen molar-refractivity contribution in [2.24, 2.45) is 0 Å². The molecule has 0 saturated heterocycles. The first-order chi connectivity index (χ1) is 14.1. The summed E-state index contributed by atoms with van der Waals surface area (Å²) in [6.45, 7) is 8.87. The summed E-state index contributed by atoms with van der Waals surface area (Å²) in [4.78, 5) is 18.9. The number of pyridine rings is 1. The molecule has 3 rings (SSSR count). The molecule has 150 valence electrons. The topological polar surface area (TPSA) is 57.3 Å². The van der Waals surface area contributed by atoms with E-state index in [0.717, 1.165) is 30.0 Å². The van der Waals surface area contributed by atoms with Gasteiger partial charge in [0.1, 0.15) is 5.69 Å². The Morgan fingerprint density at radius 1 is 1.00 bits per heavy atom. The number of benzene rings is 2. The van der Waals surface area contributed by atoms with Crippen LogP contribution in [0.2, 0.25) is 0 Å². The van der Waals surface area contributed by atoms with E-state index in [1.807, 2.05) is 36.4 Å². The highest BCUT2D eigenvalue weighted by Crippen LogP contribution is 2.25. The summed E-state index contributed by atoms with van der Waals surface area (Å²) in [6, 6.07) is 19.8.